The zero-order chi connectivity index (χ0) is 10.8. The first-order valence-electron chi connectivity index (χ1n) is 5.72. The van der Waals surface area contributed by atoms with Crippen molar-refractivity contribution in [3.63, 3.8) is 0 Å². The molecule has 16 heavy (non-hydrogen) atoms. The predicted octanol–water partition coefficient (Wildman–Crippen LogP) is 1.69. The summed E-state index contributed by atoms with van der Waals surface area (Å²) >= 11 is 0. The van der Waals surface area contributed by atoms with Crippen LogP contribution in [0.2, 0.25) is 0 Å². The number of rotatable bonds is 2. The minimum atomic E-state index is 0.349. The minimum Gasteiger partial charge on any atom is -0.490 e. The second-order valence-corrected chi connectivity index (χ2v) is 4.19. The van der Waals surface area contributed by atoms with Crippen LogP contribution in [0.15, 0.2) is 24.4 Å². The van der Waals surface area contributed by atoms with Gasteiger partial charge in [-0.2, -0.15) is 5.10 Å². The number of aromatic nitrogens is 2. The van der Waals surface area contributed by atoms with Crippen LogP contribution < -0.4 is 10.1 Å². The van der Waals surface area contributed by atoms with Crippen LogP contribution in [-0.4, -0.2) is 29.4 Å². The number of hydrogen-bond donors (Lipinski definition) is 2. The van der Waals surface area contributed by atoms with E-state index in [9.17, 15) is 0 Å². The average molecular weight is 217 g/mol. The van der Waals surface area contributed by atoms with Gasteiger partial charge in [-0.25, -0.2) is 0 Å². The Morgan fingerprint density at radius 1 is 1.25 bits per heavy atom. The first-order valence-corrected chi connectivity index (χ1v) is 5.72. The van der Waals surface area contributed by atoms with Gasteiger partial charge in [-0.05, 0) is 38.1 Å². The second-order valence-electron chi connectivity index (χ2n) is 4.19. The van der Waals surface area contributed by atoms with E-state index in [2.05, 4.69) is 15.5 Å². The molecule has 0 amide bonds. The van der Waals surface area contributed by atoms with Crippen LogP contribution >= 0.6 is 0 Å². The molecule has 1 aliphatic rings. The van der Waals surface area contributed by atoms with E-state index in [-0.39, 0.29) is 0 Å². The smallest absolute Gasteiger partial charge is 0.121 e. The summed E-state index contributed by atoms with van der Waals surface area (Å²) in [6, 6.07) is 6.07. The van der Waals surface area contributed by atoms with Crippen LogP contribution in [0.3, 0.4) is 0 Å². The number of hydrogen-bond acceptors (Lipinski definition) is 3. The summed E-state index contributed by atoms with van der Waals surface area (Å²) < 4.78 is 5.94. The number of nitrogens with one attached hydrogen (secondary N) is 2. The molecule has 0 spiro atoms. The van der Waals surface area contributed by atoms with Gasteiger partial charge < -0.3 is 10.1 Å². The predicted molar refractivity (Wildman–Crippen MR) is 62.6 cm³/mol. The normalized spacial score (nSPS) is 17.8. The van der Waals surface area contributed by atoms with Crippen molar-refractivity contribution in [2.75, 3.05) is 13.1 Å². The quantitative estimate of drug-likeness (QED) is 0.805. The van der Waals surface area contributed by atoms with Crippen molar-refractivity contribution in [1.82, 2.24) is 15.5 Å². The summed E-state index contributed by atoms with van der Waals surface area (Å²) in [4.78, 5) is 0. The summed E-state index contributed by atoms with van der Waals surface area (Å²) in [6.07, 6.45) is 4.34. The molecular formula is C12H15N3O. The number of H-pyrrole nitrogens is 1. The molecule has 0 unspecified atom stereocenters. The Balaban J connectivity index is 1.77. The number of fused-ring (bicyclic) bond motifs is 1. The molecule has 84 valence electrons. The van der Waals surface area contributed by atoms with Crippen LogP contribution in [0.4, 0.5) is 0 Å². The van der Waals surface area contributed by atoms with Crippen molar-refractivity contribution in [2.45, 2.75) is 18.9 Å². The zero-order valence-electron chi connectivity index (χ0n) is 9.07. The second kappa shape index (κ2) is 4.14. The molecule has 0 saturated carbocycles. The van der Waals surface area contributed by atoms with Gasteiger partial charge in [0.15, 0.2) is 0 Å². The van der Waals surface area contributed by atoms with Gasteiger partial charge in [0.1, 0.15) is 11.9 Å². The maximum atomic E-state index is 5.94. The van der Waals surface area contributed by atoms with Gasteiger partial charge in [-0.15, -0.1) is 0 Å². The van der Waals surface area contributed by atoms with Crippen molar-refractivity contribution in [3.8, 4) is 5.75 Å². The molecule has 1 aromatic heterocycles. The van der Waals surface area contributed by atoms with Crippen molar-refractivity contribution in [1.29, 1.82) is 0 Å². The molecule has 0 radical (unpaired) electrons. The highest BCUT2D eigenvalue weighted by Gasteiger charge is 2.14. The number of piperidine rings is 1. The Labute approximate surface area is 94.0 Å². The lowest BCUT2D eigenvalue weighted by atomic mass is 10.1. The van der Waals surface area contributed by atoms with E-state index in [0.717, 1.165) is 42.6 Å². The number of nitrogens with zero attached hydrogens (tertiary/aromatic N) is 1. The number of aromatic amines is 1. The Hall–Kier alpha value is -1.55. The van der Waals surface area contributed by atoms with Crippen molar-refractivity contribution in [2.24, 2.45) is 0 Å². The number of benzene rings is 1. The average Bonchev–Trinajstić information content (AvgIpc) is 2.77. The van der Waals surface area contributed by atoms with Gasteiger partial charge >= 0.3 is 0 Å². The molecule has 1 fully saturated rings. The summed E-state index contributed by atoms with van der Waals surface area (Å²) in [7, 11) is 0. The van der Waals surface area contributed by atoms with Gasteiger partial charge in [0.05, 0.1) is 11.7 Å². The highest BCUT2D eigenvalue weighted by Crippen LogP contribution is 2.21. The van der Waals surface area contributed by atoms with Crippen molar-refractivity contribution < 1.29 is 4.74 Å². The highest BCUT2D eigenvalue weighted by atomic mass is 16.5. The fraction of sp³-hybridized carbons (Fsp3) is 0.417. The van der Waals surface area contributed by atoms with Crippen LogP contribution in [-0.2, 0) is 0 Å². The summed E-state index contributed by atoms with van der Waals surface area (Å²) in [6.45, 7) is 2.11. The van der Waals surface area contributed by atoms with Gasteiger partial charge in [-0.1, -0.05) is 0 Å². The maximum Gasteiger partial charge on any atom is 0.121 e. The summed E-state index contributed by atoms with van der Waals surface area (Å²) in [5, 5.41) is 11.4. The summed E-state index contributed by atoms with van der Waals surface area (Å²) in [5.74, 6) is 0.934. The molecule has 1 aromatic carbocycles. The molecule has 0 aliphatic carbocycles. The molecule has 2 aromatic rings. The fourth-order valence-electron chi connectivity index (χ4n) is 2.10. The molecule has 0 atom stereocenters. The lowest BCUT2D eigenvalue weighted by Gasteiger charge is -2.23. The third-order valence-electron chi connectivity index (χ3n) is 3.00. The summed E-state index contributed by atoms with van der Waals surface area (Å²) in [5.41, 5.74) is 1.03. The van der Waals surface area contributed by atoms with E-state index in [1.54, 1.807) is 0 Å². The number of ether oxygens (including phenoxy) is 1. The standard InChI is InChI=1S/C12H15N3O/c1-2-11(7-12-9(1)8-14-15-12)16-10-3-5-13-6-4-10/h1-2,7-8,10,13H,3-6H2,(H,14,15). The molecule has 3 rings (SSSR count). The molecule has 2 heterocycles. The van der Waals surface area contributed by atoms with Gasteiger partial charge in [0.2, 0.25) is 0 Å². The lowest BCUT2D eigenvalue weighted by molar-refractivity contribution is 0.162. The molecule has 4 heteroatoms. The Kier molecular flexibility index (Phi) is 2.50. The zero-order valence-corrected chi connectivity index (χ0v) is 9.07. The highest BCUT2D eigenvalue weighted by molar-refractivity contribution is 5.79. The SMILES string of the molecule is c1cc2cn[nH]c2cc1OC1CCNCC1. The van der Waals surface area contributed by atoms with E-state index in [0.29, 0.717) is 6.10 Å². The first kappa shape index (κ1) is 9.66. The molecule has 0 bridgehead atoms. The van der Waals surface area contributed by atoms with E-state index < -0.39 is 0 Å². The Bertz CT molecular complexity index is 474. The van der Waals surface area contributed by atoms with Gasteiger partial charge in [0.25, 0.3) is 0 Å². The van der Waals surface area contributed by atoms with Gasteiger partial charge in [0, 0.05) is 11.5 Å². The van der Waals surface area contributed by atoms with Crippen LogP contribution in [0, 0.1) is 0 Å². The Morgan fingerprint density at radius 3 is 3.00 bits per heavy atom. The van der Waals surface area contributed by atoms with Crippen molar-refractivity contribution in [3.05, 3.63) is 24.4 Å². The van der Waals surface area contributed by atoms with Crippen LogP contribution in [0.1, 0.15) is 12.8 Å². The third-order valence-corrected chi connectivity index (χ3v) is 3.00. The van der Waals surface area contributed by atoms with Crippen LogP contribution in [0.5, 0.6) is 5.75 Å². The van der Waals surface area contributed by atoms with Gasteiger partial charge in [-0.3, -0.25) is 5.10 Å². The minimum absolute atomic E-state index is 0.349. The van der Waals surface area contributed by atoms with Crippen molar-refractivity contribution >= 4 is 10.9 Å². The van der Waals surface area contributed by atoms with Crippen LogP contribution in [0.25, 0.3) is 10.9 Å². The van der Waals surface area contributed by atoms with E-state index in [1.165, 1.54) is 0 Å². The lowest BCUT2D eigenvalue weighted by Crippen LogP contribution is -2.34. The first-order chi connectivity index (χ1) is 7.92. The van der Waals surface area contributed by atoms with E-state index in [1.807, 2.05) is 24.4 Å². The Morgan fingerprint density at radius 2 is 2.12 bits per heavy atom. The molecule has 4 nitrogen and oxygen atoms in total. The maximum absolute atomic E-state index is 5.94. The topological polar surface area (TPSA) is 49.9 Å². The fourth-order valence-corrected chi connectivity index (χ4v) is 2.10. The molecular weight excluding hydrogens is 202 g/mol. The van der Waals surface area contributed by atoms with E-state index in [4.69, 9.17) is 4.74 Å². The molecule has 1 saturated heterocycles. The monoisotopic (exact) mass is 217 g/mol. The largest absolute Gasteiger partial charge is 0.490 e. The molecule has 2 N–H and O–H groups in total. The molecule has 1 aliphatic heterocycles. The van der Waals surface area contributed by atoms with E-state index >= 15 is 0 Å². The third kappa shape index (κ3) is 1.88.